The van der Waals surface area contributed by atoms with E-state index in [9.17, 15) is 19.2 Å². The summed E-state index contributed by atoms with van der Waals surface area (Å²) in [6.07, 6.45) is 0.788. The second-order valence-electron chi connectivity index (χ2n) is 9.19. The number of halogens is 2. The van der Waals surface area contributed by atoms with Gasteiger partial charge in [-0.15, -0.1) is 0 Å². The molecule has 2 aromatic rings. The zero-order valence-corrected chi connectivity index (χ0v) is 20.7. The molecule has 1 fully saturated rings. The fourth-order valence-electron chi connectivity index (χ4n) is 4.24. The molecule has 0 saturated heterocycles. The first-order valence-electron chi connectivity index (χ1n) is 10.9. The van der Waals surface area contributed by atoms with Crippen molar-refractivity contribution in [3.05, 3.63) is 69.7 Å². The van der Waals surface area contributed by atoms with E-state index in [0.29, 0.717) is 34.0 Å². The lowest BCUT2D eigenvalue weighted by atomic mass is 9.65. The van der Waals surface area contributed by atoms with Crippen LogP contribution in [-0.4, -0.2) is 36.7 Å². The van der Waals surface area contributed by atoms with E-state index in [1.54, 1.807) is 69.3 Å². The lowest BCUT2D eigenvalue weighted by molar-refractivity contribution is -0.164. The first-order valence-corrected chi connectivity index (χ1v) is 11.6. The highest BCUT2D eigenvalue weighted by molar-refractivity contribution is 6.31. The molecule has 2 atom stereocenters. The number of ketones is 2. The molecule has 0 bridgehead atoms. The van der Waals surface area contributed by atoms with E-state index >= 15 is 0 Å². The van der Waals surface area contributed by atoms with Crippen LogP contribution in [0.1, 0.15) is 54.3 Å². The van der Waals surface area contributed by atoms with Gasteiger partial charge in [-0.25, -0.2) is 0 Å². The molecule has 180 valence electrons. The van der Waals surface area contributed by atoms with E-state index in [1.807, 2.05) is 0 Å². The summed E-state index contributed by atoms with van der Waals surface area (Å²) in [4.78, 5) is 50.5. The Labute approximate surface area is 208 Å². The molecule has 3 rings (SSSR count). The summed E-state index contributed by atoms with van der Waals surface area (Å²) in [5.74, 6) is -2.38. The van der Waals surface area contributed by atoms with Crippen molar-refractivity contribution in [2.24, 2.45) is 16.7 Å². The van der Waals surface area contributed by atoms with Crippen LogP contribution >= 0.6 is 23.2 Å². The summed E-state index contributed by atoms with van der Waals surface area (Å²) >= 11 is 11.7. The Hall–Kier alpha value is -2.70. The van der Waals surface area contributed by atoms with Gasteiger partial charge in [0.05, 0.1) is 11.3 Å². The molecule has 1 saturated carbocycles. The summed E-state index contributed by atoms with van der Waals surface area (Å²) in [6.45, 7) is 4.53. The molecule has 0 spiro atoms. The third-order valence-electron chi connectivity index (χ3n) is 6.97. The second-order valence-corrected chi connectivity index (χ2v) is 10.1. The molecule has 0 N–H and O–H groups in total. The maximum atomic E-state index is 13.0. The summed E-state index contributed by atoms with van der Waals surface area (Å²) in [7, 11) is 0. The van der Waals surface area contributed by atoms with Gasteiger partial charge in [-0.05, 0) is 73.7 Å². The molecule has 1 aliphatic rings. The molecule has 1 aliphatic carbocycles. The standard InChI is InChI=1S/C26H26Cl2O6/c1-25(2)20(23(31)33-14-21(29)16-4-8-18(27)9-5-16)12-13-26(25,3)24(32)34-15-22(30)17-6-10-19(28)11-7-17/h4-11,20H,12-15H2,1-3H3/t20?,26-/m1/s1. The summed E-state index contributed by atoms with van der Waals surface area (Å²) in [6, 6.07) is 12.6. The predicted molar refractivity (Wildman–Crippen MR) is 128 cm³/mol. The van der Waals surface area contributed by atoms with Crippen LogP contribution in [0.2, 0.25) is 10.0 Å². The van der Waals surface area contributed by atoms with Crippen LogP contribution in [0, 0.1) is 16.7 Å². The van der Waals surface area contributed by atoms with Gasteiger partial charge in [0.15, 0.2) is 24.8 Å². The molecule has 0 radical (unpaired) electrons. The predicted octanol–water partition coefficient (Wildman–Crippen LogP) is 5.59. The van der Waals surface area contributed by atoms with E-state index in [0.717, 1.165) is 0 Å². The van der Waals surface area contributed by atoms with Crippen LogP contribution in [0.15, 0.2) is 48.5 Å². The molecule has 6 nitrogen and oxygen atoms in total. The van der Waals surface area contributed by atoms with Gasteiger partial charge < -0.3 is 9.47 Å². The average molecular weight is 505 g/mol. The summed E-state index contributed by atoms with van der Waals surface area (Å²) in [5, 5.41) is 1.00. The number of hydrogen-bond acceptors (Lipinski definition) is 6. The fraction of sp³-hybridized carbons (Fsp3) is 0.385. The van der Waals surface area contributed by atoms with Gasteiger partial charge >= 0.3 is 11.9 Å². The third kappa shape index (κ3) is 5.34. The first kappa shape index (κ1) is 25.9. The van der Waals surface area contributed by atoms with Crippen molar-refractivity contribution in [3.8, 4) is 0 Å². The Balaban J connectivity index is 1.59. The van der Waals surface area contributed by atoms with Crippen molar-refractivity contribution in [3.63, 3.8) is 0 Å². The van der Waals surface area contributed by atoms with Crippen LogP contribution in [0.3, 0.4) is 0 Å². The molecular formula is C26H26Cl2O6. The first-order chi connectivity index (χ1) is 16.0. The number of Topliss-reactive ketones (excluding diaryl/α,β-unsaturated/α-hetero) is 2. The number of carbonyl (C=O) groups excluding carboxylic acids is 4. The molecule has 2 aromatic carbocycles. The lowest BCUT2D eigenvalue weighted by Crippen LogP contribution is -2.44. The highest BCUT2D eigenvalue weighted by atomic mass is 35.5. The number of rotatable bonds is 8. The molecular weight excluding hydrogens is 479 g/mol. The highest BCUT2D eigenvalue weighted by Crippen LogP contribution is 2.56. The maximum absolute atomic E-state index is 13.0. The minimum atomic E-state index is -1.00. The van der Waals surface area contributed by atoms with Crippen LogP contribution in [0.25, 0.3) is 0 Å². The quantitative estimate of drug-likeness (QED) is 0.344. The second kappa shape index (κ2) is 10.3. The molecule has 0 heterocycles. The average Bonchev–Trinajstić information content (AvgIpc) is 3.06. The van der Waals surface area contributed by atoms with E-state index in [-0.39, 0.29) is 11.6 Å². The maximum Gasteiger partial charge on any atom is 0.312 e. The Kier molecular flexibility index (Phi) is 7.84. The van der Waals surface area contributed by atoms with Gasteiger partial charge in [0.1, 0.15) is 0 Å². The monoisotopic (exact) mass is 504 g/mol. The van der Waals surface area contributed by atoms with Crippen molar-refractivity contribution >= 4 is 46.7 Å². The van der Waals surface area contributed by atoms with E-state index in [2.05, 4.69) is 0 Å². The summed E-state index contributed by atoms with van der Waals surface area (Å²) in [5.41, 5.74) is -1.04. The Bertz CT molecular complexity index is 1090. The zero-order valence-electron chi connectivity index (χ0n) is 19.2. The van der Waals surface area contributed by atoms with Gasteiger partial charge in [-0.1, -0.05) is 37.0 Å². The van der Waals surface area contributed by atoms with Crippen LogP contribution < -0.4 is 0 Å². The molecule has 34 heavy (non-hydrogen) atoms. The van der Waals surface area contributed by atoms with Crippen molar-refractivity contribution in [2.45, 2.75) is 33.6 Å². The smallest absolute Gasteiger partial charge is 0.312 e. The molecule has 0 amide bonds. The van der Waals surface area contributed by atoms with E-state index in [1.165, 1.54) is 0 Å². The topological polar surface area (TPSA) is 86.7 Å². The van der Waals surface area contributed by atoms with Crippen LogP contribution in [0.4, 0.5) is 0 Å². The SMILES string of the molecule is CC1(C)C(C(=O)OCC(=O)c2ccc(Cl)cc2)CC[C@]1(C)C(=O)OCC(=O)c1ccc(Cl)cc1. The Morgan fingerprint density at radius 3 is 1.71 bits per heavy atom. The van der Waals surface area contributed by atoms with Gasteiger partial charge in [0.25, 0.3) is 0 Å². The third-order valence-corrected chi connectivity index (χ3v) is 7.48. The lowest BCUT2D eigenvalue weighted by Gasteiger charge is -2.38. The van der Waals surface area contributed by atoms with E-state index < -0.39 is 41.9 Å². The molecule has 0 aliphatic heterocycles. The number of esters is 2. The number of ether oxygens (including phenoxy) is 2. The molecule has 8 heteroatoms. The van der Waals surface area contributed by atoms with Crippen molar-refractivity contribution < 1.29 is 28.7 Å². The van der Waals surface area contributed by atoms with Crippen molar-refractivity contribution in [1.82, 2.24) is 0 Å². The Morgan fingerprint density at radius 2 is 1.24 bits per heavy atom. The van der Waals surface area contributed by atoms with Crippen LogP contribution in [-0.2, 0) is 19.1 Å². The summed E-state index contributed by atoms with van der Waals surface area (Å²) < 4.78 is 10.7. The molecule has 0 aromatic heterocycles. The zero-order chi connectivity index (χ0) is 25.1. The van der Waals surface area contributed by atoms with Crippen molar-refractivity contribution in [1.29, 1.82) is 0 Å². The van der Waals surface area contributed by atoms with Gasteiger partial charge in [0, 0.05) is 21.2 Å². The minimum absolute atomic E-state index is 0.344. The molecule has 1 unspecified atom stereocenters. The minimum Gasteiger partial charge on any atom is -0.457 e. The largest absolute Gasteiger partial charge is 0.457 e. The Morgan fingerprint density at radius 1 is 0.794 bits per heavy atom. The highest BCUT2D eigenvalue weighted by Gasteiger charge is 2.59. The van der Waals surface area contributed by atoms with Gasteiger partial charge in [-0.3, -0.25) is 19.2 Å². The number of carbonyl (C=O) groups is 4. The van der Waals surface area contributed by atoms with Gasteiger partial charge in [0.2, 0.25) is 0 Å². The van der Waals surface area contributed by atoms with Gasteiger partial charge in [-0.2, -0.15) is 0 Å². The number of benzene rings is 2. The van der Waals surface area contributed by atoms with Crippen molar-refractivity contribution in [2.75, 3.05) is 13.2 Å². The number of hydrogen-bond donors (Lipinski definition) is 0. The fourth-order valence-corrected chi connectivity index (χ4v) is 4.50. The van der Waals surface area contributed by atoms with Crippen LogP contribution in [0.5, 0.6) is 0 Å². The normalized spacial score (nSPS) is 21.0. The van der Waals surface area contributed by atoms with E-state index in [4.69, 9.17) is 32.7 Å².